The predicted molar refractivity (Wildman–Crippen MR) is 58.4 cm³/mol. The van der Waals surface area contributed by atoms with Gasteiger partial charge in [-0.15, -0.1) is 0 Å². The molecule has 0 N–H and O–H groups in total. The summed E-state index contributed by atoms with van der Waals surface area (Å²) < 4.78 is 70.7. The molecule has 0 aliphatic heterocycles. The number of carbonyl (C=O) groups is 1. The molecule has 0 unspecified atom stereocenters. The van der Waals surface area contributed by atoms with E-state index in [4.69, 9.17) is 0 Å². The molecule has 1 aromatic carbocycles. The molecule has 112 valence electrons. The standard InChI is InChI=1S/C12H11F5O3/c1-19-10(18)5-2-7-6-8(20-11(13)14)3-4-9(7)12(15,16)17/h3-4,6,11H,2,5H2,1H3. The van der Waals surface area contributed by atoms with Crippen LogP contribution in [0.2, 0.25) is 0 Å². The van der Waals surface area contributed by atoms with E-state index in [1.54, 1.807) is 0 Å². The minimum Gasteiger partial charge on any atom is -0.469 e. The predicted octanol–water partition coefficient (Wildman–Crippen LogP) is 3.41. The van der Waals surface area contributed by atoms with Crippen LogP contribution in [0.15, 0.2) is 18.2 Å². The van der Waals surface area contributed by atoms with Crippen LogP contribution in [0.25, 0.3) is 0 Å². The summed E-state index contributed by atoms with van der Waals surface area (Å²) in [6.45, 7) is -3.14. The maximum Gasteiger partial charge on any atom is 0.416 e. The smallest absolute Gasteiger partial charge is 0.416 e. The first kappa shape index (κ1) is 16.2. The SMILES string of the molecule is COC(=O)CCc1cc(OC(F)F)ccc1C(F)(F)F. The second kappa shape index (κ2) is 6.53. The van der Waals surface area contributed by atoms with E-state index in [-0.39, 0.29) is 18.4 Å². The molecule has 0 aliphatic rings. The summed E-state index contributed by atoms with van der Waals surface area (Å²) in [5.74, 6) is -1.09. The van der Waals surface area contributed by atoms with Gasteiger partial charge < -0.3 is 9.47 Å². The Morgan fingerprint density at radius 2 is 1.95 bits per heavy atom. The summed E-state index contributed by atoms with van der Waals surface area (Å²) in [6, 6.07) is 2.29. The summed E-state index contributed by atoms with van der Waals surface area (Å²) in [5, 5.41) is 0. The molecule has 0 fully saturated rings. The van der Waals surface area contributed by atoms with Crippen molar-refractivity contribution in [1.82, 2.24) is 0 Å². The fourth-order valence-electron chi connectivity index (χ4n) is 1.57. The summed E-state index contributed by atoms with van der Waals surface area (Å²) in [7, 11) is 1.10. The van der Waals surface area contributed by atoms with Crippen LogP contribution < -0.4 is 4.74 Å². The molecule has 1 rings (SSSR count). The van der Waals surface area contributed by atoms with Gasteiger partial charge in [-0.2, -0.15) is 22.0 Å². The molecule has 0 atom stereocenters. The van der Waals surface area contributed by atoms with Crippen molar-refractivity contribution in [3.05, 3.63) is 29.3 Å². The number of alkyl halides is 5. The summed E-state index contributed by atoms with van der Waals surface area (Å²) in [6.07, 6.45) is -5.23. The molecule has 0 aromatic heterocycles. The van der Waals surface area contributed by atoms with Crippen LogP contribution in [0, 0.1) is 0 Å². The van der Waals surface area contributed by atoms with E-state index in [1.165, 1.54) is 0 Å². The summed E-state index contributed by atoms with van der Waals surface area (Å²) in [5.41, 5.74) is -1.30. The molecule has 0 heterocycles. The van der Waals surface area contributed by atoms with Crippen LogP contribution in [-0.2, 0) is 22.1 Å². The molecule has 0 bridgehead atoms. The number of esters is 1. The molecule has 0 saturated carbocycles. The van der Waals surface area contributed by atoms with Gasteiger partial charge in [-0.25, -0.2) is 0 Å². The fourth-order valence-corrected chi connectivity index (χ4v) is 1.57. The van der Waals surface area contributed by atoms with Gasteiger partial charge in [0.2, 0.25) is 0 Å². The number of aryl methyl sites for hydroxylation is 1. The highest BCUT2D eigenvalue weighted by molar-refractivity contribution is 5.69. The van der Waals surface area contributed by atoms with Crippen molar-refractivity contribution in [2.24, 2.45) is 0 Å². The van der Waals surface area contributed by atoms with Gasteiger partial charge in [-0.1, -0.05) is 0 Å². The van der Waals surface area contributed by atoms with Crippen LogP contribution in [0.4, 0.5) is 22.0 Å². The van der Waals surface area contributed by atoms with Crippen molar-refractivity contribution in [2.45, 2.75) is 25.6 Å². The van der Waals surface area contributed by atoms with E-state index in [2.05, 4.69) is 9.47 Å². The number of halogens is 5. The van der Waals surface area contributed by atoms with Crippen LogP contribution in [0.5, 0.6) is 5.75 Å². The third kappa shape index (κ3) is 4.67. The summed E-state index contributed by atoms with van der Waals surface area (Å²) in [4.78, 5) is 11.0. The normalized spacial score (nSPS) is 11.6. The van der Waals surface area contributed by atoms with Gasteiger partial charge in [-0.05, 0) is 30.2 Å². The Labute approximate surface area is 111 Å². The number of hydrogen-bond acceptors (Lipinski definition) is 3. The van der Waals surface area contributed by atoms with Gasteiger partial charge in [0.25, 0.3) is 0 Å². The topological polar surface area (TPSA) is 35.5 Å². The molecule has 0 spiro atoms. The van der Waals surface area contributed by atoms with Crippen LogP contribution in [0.1, 0.15) is 17.5 Å². The highest BCUT2D eigenvalue weighted by Gasteiger charge is 2.33. The second-order valence-electron chi connectivity index (χ2n) is 3.77. The zero-order valence-electron chi connectivity index (χ0n) is 10.3. The lowest BCUT2D eigenvalue weighted by Gasteiger charge is -2.14. The molecule has 0 saturated heterocycles. The van der Waals surface area contributed by atoms with Crippen LogP contribution >= 0.6 is 0 Å². The maximum absolute atomic E-state index is 12.7. The first-order chi connectivity index (χ1) is 9.24. The zero-order valence-corrected chi connectivity index (χ0v) is 10.3. The number of carbonyl (C=O) groups excluding carboxylic acids is 1. The molecule has 8 heteroatoms. The quantitative estimate of drug-likeness (QED) is 0.617. The zero-order chi connectivity index (χ0) is 15.3. The lowest BCUT2D eigenvalue weighted by atomic mass is 10.0. The number of hydrogen-bond donors (Lipinski definition) is 0. The van der Waals surface area contributed by atoms with Gasteiger partial charge in [0.1, 0.15) is 5.75 Å². The minimum absolute atomic E-state index is 0.290. The lowest BCUT2D eigenvalue weighted by molar-refractivity contribution is -0.142. The van der Waals surface area contributed by atoms with Crippen molar-refractivity contribution in [2.75, 3.05) is 7.11 Å². The third-order valence-corrected chi connectivity index (χ3v) is 2.43. The maximum atomic E-state index is 12.7. The Morgan fingerprint density at radius 3 is 2.45 bits per heavy atom. The van der Waals surface area contributed by atoms with E-state index < -0.39 is 30.1 Å². The highest BCUT2D eigenvalue weighted by atomic mass is 19.4. The highest BCUT2D eigenvalue weighted by Crippen LogP contribution is 2.34. The van der Waals surface area contributed by atoms with Gasteiger partial charge in [0.05, 0.1) is 12.7 Å². The Hall–Kier alpha value is -1.86. The largest absolute Gasteiger partial charge is 0.469 e. The van der Waals surface area contributed by atoms with Crippen molar-refractivity contribution in [3.63, 3.8) is 0 Å². The average Bonchev–Trinajstić information content (AvgIpc) is 2.33. The molecule has 1 aromatic rings. The molecule has 20 heavy (non-hydrogen) atoms. The first-order valence-electron chi connectivity index (χ1n) is 5.45. The Bertz CT molecular complexity index is 471. The molecule has 0 radical (unpaired) electrons. The Morgan fingerprint density at radius 1 is 1.30 bits per heavy atom. The van der Waals surface area contributed by atoms with Crippen molar-refractivity contribution in [1.29, 1.82) is 0 Å². The van der Waals surface area contributed by atoms with Gasteiger partial charge in [0.15, 0.2) is 0 Å². The van der Waals surface area contributed by atoms with E-state index in [1.807, 2.05) is 0 Å². The fraction of sp³-hybridized carbons (Fsp3) is 0.417. The molecular formula is C12H11F5O3. The number of rotatable bonds is 5. The molecule has 0 aliphatic carbocycles. The molecule has 0 amide bonds. The number of methoxy groups -OCH3 is 1. The Kier molecular flexibility index (Phi) is 5.29. The van der Waals surface area contributed by atoms with E-state index in [0.29, 0.717) is 6.07 Å². The van der Waals surface area contributed by atoms with E-state index in [0.717, 1.165) is 19.2 Å². The van der Waals surface area contributed by atoms with E-state index >= 15 is 0 Å². The number of benzene rings is 1. The molecular weight excluding hydrogens is 287 g/mol. The van der Waals surface area contributed by atoms with Crippen LogP contribution in [0.3, 0.4) is 0 Å². The van der Waals surface area contributed by atoms with Crippen molar-refractivity contribution >= 4 is 5.97 Å². The van der Waals surface area contributed by atoms with Crippen LogP contribution in [-0.4, -0.2) is 19.7 Å². The van der Waals surface area contributed by atoms with Gasteiger partial charge >= 0.3 is 18.8 Å². The Balaban J connectivity index is 3.03. The van der Waals surface area contributed by atoms with Crippen molar-refractivity contribution in [3.8, 4) is 5.75 Å². The minimum atomic E-state index is -4.64. The van der Waals surface area contributed by atoms with Gasteiger partial charge in [-0.3, -0.25) is 4.79 Å². The summed E-state index contributed by atoms with van der Waals surface area (Å²) >= 11 is 0. The first-order valence-corrected chi connectivity index (χ1v) is 5.45. The molecule has 3 nitrogen and oxygen atoms in total. The van der Waals surface area contributed by atoms with Gasteiger partial charge in [0, 0.05) is 6.42 Å². The van der Waals surface area contributed by atoms with E-state index in [9.17, 15) is 26.7 Å². The average molecular weight is 298 g/mol. The van der Waals surface area contributed by atoms with Crippen molar-refractivity contribution < 1.29 is 36.2 Å². The second-order valence-corrected chi connectivity index (χ2v) is 3.77. The third-order valence-electron chi connectivity index (χ3n) is 2.43. The number of ether oxygens (including phenoxy) is 2. The monoisotopic (exact) mass is 298 g/mol. The lowest BCUT2D eigenvalue weighted by Crippen LogP contribution is -2.12.